The van der Waals surface area contributed by atoms with Gasteiger partial charge in [0.15, 0.2) is 0 Å². The van der Waals surface area contributed by atoms with Crippen LogP contribution < -0.4 is 16.0 Å². The first-order valence-electron chi connectivity index (χ1n) is 7.99. The van der Waals surface area contributed by atoms with Crippen LogP contribution in [0.5, 0.6) is 0 Å². The molecule has 0 unspecified atom stereocenters. The maximum atomic E-state index is 11.9. The second-order valence-electron chi connectivity index (χ2n) is 6.21. The molecular formula is C17H27N3O. The first-order chi connectivity index (χ1) is 10.1. The summed E-state index contributed by atoms with van der Waals surface area (Å²) in [5.41, 5.74) is 7.91. The van der Waals surface area contributed by atoms with Crippen LogP contribution in [0, 0.1) is 5.92 Å². The Labute approximate surface area is 127 Å². The van der Waals surface area contributed by atoms with Gasteiger partial charge in [0.2, 0.25) is 5.91 Å². The fourth-order valence-electron chi connectivity index (χ4n) is 2.61. The lowest BCUT2D eigenvalue weighted by Crippen LogP contribution is -2.39. The molecule has 1 amide bonds. The van der Waals surface area contributed by atoms with E-state index in [-0.39, 0.29) is 11.8 Å². The van der Waals surface area contributed by atoms with E-state index in [1.54, 1.807) is 0 Å². The van der Waals surface area contributed by atoms with Crippen molar-refractivity contribution in [1.29, 1.82) is 0 Å². The van der Waals surface area contributed by atoms with Crippen molar-refractivity contribution in [2.45, 2.75) is 45.6 Å². The number of carbonyl (C=O) groups excluding carboxylic acids is 1. The summed E-state index contributed by atoms with van der Waals surface area (Å²) in [6, 6.07) is 7.63. The van der Waals surface area contributed by atoms with Crippen molar-refractivity contribution in [3.8, 4) is 0 Å². The van der Waals surface area contributed by atoms with Crippen LogP contribution in [-0.4, -0.2) is 25.0 Å². The molecule has 0 aliphatic carbocycles. The molecule has 1 aliphatic heterocycles. The number of benzene rings is 1. The van der Waals surface area contributed by atoms with Gasteiger partial charge in [0.25, 0.3) is 0 Å². The third-order valence-electron chi connectivity index (χ3n) is 4.13. The fraction of sp³-hybridized carbons (Fsp3) is 0.588. The van der Waals surface area contributed by atoms with Crippen molar-refractivity contribution >= 4 is 17.3 Å². The highest BCUT2D eigenvalue weighted by Gasteiger charge is 2.17. The van der Waals surface area contributed by atoms with E-state index in [2.05, 4.69) is 22.3 Å². The number of nitrogens with one attached hydrogen (secondary N) is 1. The molecule has 0 saturated carbocycles. The molecule has 0 radical (unpaired) electrons. The highest BCUT2D eigenvalue weighted by molar-refractivity contribution is 5.94. The summed E-state index contributed by atoms with van der Waals surface area (Å²) in [5.74, 6) is 0.0221. The highest BCUT2D eigenvalue weighted by atomic mass is 16.2. The Kier molecular flexibility index (Phi) is 5.62. The van der Waals surface area contributed by atoms with Crippen molar-refractivity contribution in [3.63, 3.8) is 0 Å². The maximum absolute atomic E-state index is 11.9. The van der Waals surface area contributed by atoms with E-state index in [1.165, 1.54) is 31.4 Å². The standard InChI is InChI=1S/C17H27N3O/c1-13(2)16(18)17(21)19-14-7-9-15(10-8-14)20-11-5-3-4-6-12-20/h7-10,13,16H,3-6,11-12,18H2,1-2H3,(H,19,21)/t16-/m1/s1. The topological polar surface area (TPSA) is 58.4 Å². The molecule has 1 aromatic rings. The smallest absolute Gasteiger partial charge is 0.241 e. The molecule has 21 heavy (non-hydrogen) atoms. The monoisotopic (exact) mass is 289 g/mol. The van der Waals surface area contributed by atoms with E-state index >= 15 is 0 Å². The molecule has 1 aromatic carbocycles. The molecule has 4 nitrogen and oxygen atoms in total. The summed E-state index contributed by atoms with van der Waals surface area (Å²) in [6.45, 7) is 6.16. The molecule has 1 atom stereocenters. The Morgan fingerprint density at radius 1 is 1.10 bits per heavy atom. The number of nitrogens with two attached hydrogens (primary N) is 1. The molecule has 0 aromatic heterocycles. The fourth-order valence-corrected chi connectivity index (χ4v) is 2.61. The predicted molar refractivity (Wildman–Crippen MR) is 88.6 cm³/mol. The van der Waals surface area contributed by atoms with Gasteiger partial charge in [-0.2, -0.15) is 0 Å². The van der Waals surface area contributed by atoms with E-state index in [0.717, 1.165) is 18.8 Å². The molecule has 2 rings (SSSR count). The molecular weight excluding hydrogens is 262 g/mol. The van der Waals surface area contributed by atoms with Gasteiger partial charge in [-0.25, -0.2) is 0 Å². The van der Waals surface area contributed by atoms with Gasteiger partial charge < -0.3 is 16.0 Å². The van der Waals surface area contributed by atoms with Crippen LogP contribution in [0.1, 0.15) is 39.5 Å². The summed E-state index contributed by atoms with van der Waals surface area (Å²) >= 11 is 0. The third-order valence-corrected chi connectivity index (χ3v) is 4.13. The molecule has 1 saturated heterocycles. The molecule has 1 aliphatic rings. The number of anilines is 2. The Morgan fingerprint density at radius 2 is 1.67 bits per heavy atom. The Morgan fingerprint density at radius 3 is 2.19 bits per heavy atom. The number of hydrogen-bond acceptors (Lipinski definition) is 3. The Bertz CT molecular complexity index is 448. The molecule has 4 heteroatoms. The van der Waals surface area contributed by atoms with Gasteiger partial charge in [0.1, 0.15) is 0 Å². The van der Waals surface area contributed by atoms with Crippen LogP contribution in [0.2, 0.25) is 0 Å². The summed E-state index contributed by atoms with van der Waals surface area (Å²) in [5, 5.41) is 2.88. The van der Waals surface area contributed by atoms with Crippen molar-refractivity contribution in [2.24, 2.45) is 11.7 Å². The van der Waals surface area contributed by atoms with Crippen molar-refractivity contribution in [1.82, 2.24) is 0 Å². The van der Waals surface area contributed by atoms with Gasteiger partial charge in [-0.05, 0) is 43.0 Å². The lowest BCUT2D eigenvalue weighted by molar-refractivity contribution is -0.118. The Balaban J connectivity index is 1.96. The van der Waals surface area contributed by atoms with Gasteiger partial charge in [-0.3, -0.25) is 4.79 Å². The molecule has 1 heterocycles. The lowest BCUT2D eigenvalue weighted by Gasteiger charge is -2.23. The average Bonchev–Trinajstić information content (AvgIpc) is 2.76. The Hall–Kier alpha value is -1.55. The number of hydrogen-bond donors (Lipinski definition) is 2. The van der Waals surface area contributed by atoms with Crippen LogP contribution >= 0.6 is 0 Å². The average molecular weight is 289 g/mol. The van der Waals surface area contributed by atoms with Crippen LogP contribution in [0.15, 0.2) is 24.3 Å². The zero-order chi connectivity index (χ0) is 15.2. The SMILES string of the molecule is CC(C)[C@@H](N)C(=O)Nc1ccc(N2CCCCCC2)cc1. The third kappa shape index (κ3) is 4.46. The van der Waals surface area contributed by atoms with Gasteiger partial charge >= 0.3 is 0 Å². The number of nitrogens with zero attached hydrogens (tertiary/aromatic N) is 1. The summed E-state index contributed by atoms with van der Waals surface area (Å²) in [4.78, 5) is 14.4. The summed E-state index contributed by atoms with van der Waals surface area (Å²) in [7, 11) is 0. The quantitative estimate of drug-likeness (QED) is 0.896. The van der Waals surface area contributed by atoms with Crippen molar-refractivity contribution < 1.29 is 4.79 Å². The zero-order valence-corrected chi connectivity index (χ0v) is 13.1. The van der Waals surface area contributed by atoms with E-state index < -0.39 is 6.04 Å². The summed E-state index contributed by atoms with van der Waals surface area (Å²) < 4.78 is 0. The first-order valence-corrected chi connectivity index (χ1v) is 7.99. The maximum Gasteiger partial charge on any atom is 0.241 e. The van der Waals surface area contributed by atoms with E-state index in [4.69, 9.17) is 5.73 Å². The van der Waals surface area contributed by atoms with Crippen LogP contribution in [0.25, 0.3) is 0 Å². The van der Waals surface area contributed by atoms with Crippen molar-refractivity contribution in [3.05, 3.63) is 24.3 Å². The van der Waals surface area contributed by atoms with E-state index in [9.17, 15) is 4.79 Å². The van der Waals surface area contributed by atoms with Gasteiger partial charge in [-0.1, -0.05) is 26.7 Å². The minimum Gasteiger partial charge on any atom is -0.372 e. The second kappa shape index (κ2) is 7.46. The lowest BCUT2D eigenvalue weighted by atomic mass is 10.0. The molecule has 3 N–H and O–H groups in total. The van der Waals surface area contributed by atoms with Crippen LogP contribution in [0.3, 0.4) is 0 Å². The van der Waals surface area contributed by atoms with E-state index in [0.29, 0.717) is 0 Å². The van der Waals surface area contributed by atoms with Crippen LogP contribution in [-0.2, 0) is 4.79 Å². The first kappa shape index (κ1) is 15.8. The van der Waals surface area contributed by atoms with E-state index in [1.807, 2.05) is 26.0 Å². The molecule has 1 fully saturated rings. The van der Waals surface area contributed by atoms with Gasteiger partial charge in [0, 0.05) is 24.5 Å². The largest absolute Gasteiger partial charge is 0.372 e. The number of carbonyl (C=O) groups is 1. The normalized spacial score (nSPS) is 17.4. The zero-order valence-electron chi connectivity index (χ0n) is 13.1. The number of rotatable bonds is 4. The summed E-state index contributed by atoms with van der Waals surface area (Å²) in [6.07, 6.45) is 5.19. The molecule has 116 valence electrons. The minimum atomic E-state index is -0.463. The number of amides is 1. The van der Waals surface area contributed by atoms with Crippen molar-refractivity contribution in [2.75, 3.05) is 23.3 Å². The van der Waals surface area contributed by atoms with Crippen LogP contribution in [0.4, 0.5) is 11.4 Å². The molecule has 0 spiro atoms. The van der Waals surface area contributed by atoms with Gasteiger partial charge in [-0.15, -0.1) is 0 Å². The second-order valence-corrected chi connectivity index (χ2v) is 6.21. The van der Waals surface area contributed by atoms with Gasteiger partial charge in [0.05, 0.1) is 6.04 Å². The molecule has 0 bridgehead atoms. The predicted octanol–water partition coefficient (Wildman–Crippen LogP) is 2.99. The minimum absolute atomic E-state index is 0.118. The highest BCUT2D eigenvalue weighted by Crippen LogP contribution is 2.21.